The highest BCUT2D eigenvalue weighted by atomic mass is 16.3. The van der Waals surface area contributed by atoms with E-state index >= 15 is 0 Å². The predicted molar refractivity (Wildman–Crippen MR) is 76.1 cm³/mol. The number of carbonyl (C=O) groups is 1. The van der Waals surface area contributed by atoms with Crippen molar-refractivity contribution < 1.29 is 15.0 Å². The van der Waals surface area contributed by atoms with Gasteiger partial charge in [0.15, 0.2) is 5.78 Å². The van der Waals surface area contributed by atoms with E-state index in [-0.39, 0.29) is 17.3 Å². The highest BCUT2D eigenvalue weighted by Crippen LogP contribution is 2.44. The maximum absolute atomic E-state index is 12.4. The van der Waals surface area contributed by atoms with Crippen LogP contribution < -0.4 is 0 Å². The fourth-order valence-electron chi connectivity index (χ4n) is 2.91. The lowest BCUT2D eigenvalue weighted by molar-refractivity contribution is 0.104. The lowest BCUT2D eigenvalue weighted by Crippen LogP contribution is -1.94. The summed E-state index contributed by atoms with van der Waals surface area (Å²) in [7, 11) is 0. The van der Waals surface area contributed by atoms with Gasteiger partial charge in [0.2, 0.25) is 0 Å². The molecule has 0 saturated carbocycles. The van der Waals surface area contributed by atoms with Gasteiger partial charge in [0.05, 0.1) is 0 Å². The Labute approximate surface area is 114 Å². The van der Waals surface area contributed by atoms with Gasteiger partial charge < -0.3 is 10.2 Å². The van der Waals surface area contributed by atoms with Crippen LogP contribution in [0.2, 0.25) is 0 Å². The first-order chi connectivity index (χ1) is 9.66. The first kappa shape index (κ1) is 11.1. The zero-order valence-corrected chi connectivity index (χ0v) is 10.4. The largest absolute Gasteiger partial charge is 0.508 e. The number of carbonyl (C=O) groups excluding carboxylic acids is 1. The number of phenolic OH excluding ortho intramolecular Hbond substituents is 2. The minimum absolute atomic E-state index is 0.0680. The van der Waals surface area contributed by atoms with Crippen LogP contribution in [0.1, 0.15) is 15.9 Å². The third-order valence-electron chi connectivity index (χ3n) is 3.78. The predicted octanol–water partition coefficient (Wildman–Crippen LogP) is 3.46. The van der Waals surface area contributed by atoms with E-state index in [4.69, 9.17) is 0 Å². The summed E-state index contributed by atoms with van der Waals surface area (Å²) >= 11 is 0. The van der Waals surface area contributed by atoms with Gasteiger partial charge in [-0.25, -0.2) is 0 Å². The molecule has 3 aromatic rings. The van der Waals surface area contributed by atoms with E-state index in [2.05, 4.69) is 0 Å². The minimum Gasteiger partial charge on any atom is -0.508 e. The normalized spacial score (nSPS) is 12.5. The number of aromatic hydroxyl groups is 2. The van der Waals surface area contributed by atoms with Crippen LogP contribution in [0.15, 0.2) is 48.5 Å². The average Bonchev–Trinajstić information content (AvgIpc) is 2.73. The molecule has 3 heteroatoms. The van der Waals surface area contributed by atoms with Crippen LogP contribution in [-0.4, -0.2) is 16.0 Å². The summed E-state index contributed by atoms with van der Waals surface area (Å²) in [6, 6.07) is 13.8. The molecule has 0 heterocycles. The molecule has 0 spiro atoms. The first-order valence-corrected chi connectivity index (χ1v) is 6.29. The molecule has 0 amide bonds. The van der Waals surface area contributed by atoms with Crippen LogP contribution in [0.3, 0.4) is 0 Å². The maximum Gasteiger partial charge on any atom is 0.194 e. The molecular formula is C17H10O3. The second-order valence-electron chi connectivity index (χ2n) is 4.92. The maximum atomic E-state index is 12.4. The van der Waals surface area contributed by atoms with E-state index in [1.165, 1.54) is 12.1 Å². The van der Waals surface area contributed by atoms with Crippen molar-refractivity contribution in [2.75, 3.05) is 0 Å². The third-order valence-corrected chi connectivity index (χ3v) is 3.78. The molecule has 0 radical (unpaired) electrons. The number of hydrogen-bond acceptors (Lipinski definition) is 3. The van der Waals surface area contributed by atoms with Crippen molar-refractivity contribution in [3.05, 3.63) is 59.7 Å². The third kappa shape index (κ3) is 1.26. The molecule has 4 rings (SSSR count). The van der Waals surface area contributed by atoms with Gasteiger partial charge in [-0.15, -0.1) is 0 Å². The van der Waals surface area contributed by atoms with Crippen LogP contribution in [0.25, 0.3) is 21.9 Å². The molecule has 20 heavy (non-hydrogen) atoms. The number of ketones is 1. The lowest BCUT2D eigenvalue weighted by atomic mass is 9.97. The zero-order valence-electron chi connectivity index (χ0n) is 10.4. The second kappa shape index (κ2) is 3.61. The quantitative estimate of drug-likeness (QED) is 0.510. The Morgan fingerprint density at radius 2 is 1.50 bits per heavy atom. The van der Waals surface area contributed by atoms with Crippen molar-refractivity contribution in [1.82, 2.24) is 0 Å². The van der Waals surface area contributed by atoms with Crippen LogP contribution in [0.4, 0.5) is 0 Å². The Hall–Kier alpha value is -2.81. The summed E-state index contributed by atoms with van der Waals surface area (Å²) in [4.78, 5) is 12.4. The van der Waals surface area contributed by atoms with Gasteiger partial charge in [0.1, 0.15) is 11.5 Å². The van der Waals surface area contributed by atoms with Crippen LogP contribution >= 0.6 is 0 Å². The summed E-state index contributed by atoms with van der Waals surface area (Å²) < 4.78 is 0. The molecule has 0 unspecified atom stereocenters. The summed E-state index contributed by atoms with van der Waals surface area (Å²) in [6.45, 7) is 0. The van der Waals surface area contributed by atoms with E-state index in [0.29, 0.717) is 11.1 Å². The topological polar surface area (TPSA) is 57.5 Å². The molecule has 3 aromatic carbocycles. The first-order valence-electron chi connectivity index (χ1n) is 6.29. The Morgan fingerprint density at radius 3 is 2.30 bits per heavy atom. The standard InChI is InChI=1S/C17H10O3/c18-9-5-6-12-13(7-9)17(20)14-8-15(19)10-3-1-2-4-11(10)16(12)14/h1-8,18-19H. The van der Waals surface area contributed by atoms with Gasteiger partial charge in [0.25, 0.3) is 0 Å². The van der Waals surface area contributed by atoms with Gasteiger partial charge in [-0.3, -0.25) is 4.79 Å². The molecule has 0 bridgehead atoms. The van der Waals surface area contributed by atoms with Crippen molar-refractivity contribution >= 4 is 16.6 Å². The summed E-state index contributed by atoms with van der Waals surface area (Å²) in [5.41, 5.74) is 2.61. The number of phenols is 2. The highest BCUT2D eigenvalue weighted by Gasteiger charge is 2.29. The molecule has 0 fully saturated rings. The number of rotatable bonds is 0. The molecule has 3 nitrogen and oxygen atoms in total. The smallest absolute Gasteiger partial charge is 0.194 e. The zero-order chi connectivity index (χ0) is 13.9. The van der Waals surface area contributed by atoms with Crippen LogP contribution in [-0.2, 0) is 0 Å². The van der Waals surface area contributed by atoms with Gasteiger partial charge >= 0.3 is 0 Å². The Bertz CT molecular complexity index is 894. The molecule has 0 atom stereocenters. The SMILES string of the molecule is O=C1c2cc(O)ccc2-c2c1cc(O)c1ccccc21. The Morgan fingerprint density at radius 1 is 0.750 bits per heavy atom. The van der Waals surface area contributed by atoms with Crippen molar-refractivity contribution in [2.24, 2.45) is 0 Å². The van der Waals surface area contributed by atoms with Crippen LogP contribution in [0.5, 0.6) is 11.5 Å². The molecule has 0 aliphatic heterocycles. The van der Waals surface area contributed by atoms with E-state index < -0.39 is 0 Å². The van der Waals surface area contributed by atoms with Crippen LogP contribution in [0, 0.1) is 0 Å². The summed E-state index contributed by atoms with van der Waals surface area (Å²) in [5.74, 6) is 0.00937. The molecular weight excluding hydrogens is 252 g/mol. The highest BCUT2D eigenvalue weighted by molar-refractivity contribution is 6.26. The number of benzene rings is 3. The Balaban J connectivity index is 2.21. The summed E-state index contributed by atoms with van der Waals surface area (Å²) in [5, 5.41) is 21.2. The summed E-state index contributed by atoms with van der Waals surface area (Å²) in [6.07, 6.45) is 0. The fourth-order valence-corrected chi connectivity index (χ4v) is 2.91. The molecule has 0 saturated heterocycles. The van der Waals surface area contributed by atoms with Gasteiger partial charge in [-0.2, -0.15) is 0 Å². The number of hydrogen-bond donors (Lipinski definition) is 2. The average molecular weight is 262 g/mol. The lowest BCUT2D eigenvalue weighted by Gasteiger charge is -2.07. The molecule has 0 aromatic heterocycles. The molecule has 1 aliphatic rings. The van der Waals surface area contributed by atoms with E-state index in [1.54, 1.807) is 12.1 Å². The van der Waals surface area contributed by atoms with Crippen molar-refractivity contribution in [3.63, 3.8) is 0 Å². The molecule has 2 N–H and O–H groups in total. The monoisotopic (exact) mass is 262 g/mol. The molecule has 1 aliphatic carbocycles. The van der Waals surface area contributed by atoms with Crippen molar-refractivity contribution in [1.29, 1.82) is 0 Å². The van der Waals surface area contributed by atoms with E-state index in [0.717, 1.165) is 21.9 Å². The van der Waals surface area contributed by atoms with E-state index in [9.17, 15) is 15.0 Å². The van der Waals surface area contributed by atoms with Gasteiger partial charge in [-0.05, 0) is 35.2 Å². The second-order valence-corrected chi connectivity index (χ2v) is 4.92. The fraction of sp³-hybridized carbons (Fsp3) is 0. The Kier molecular flexibility index (Phi) is 1.99. The van der Waals surface area contributed by atoms with Gasteiger partial charge in [0, 0.05) is 22.1 Å². The minimum atomic E-state index is -0.160. The van der Waals surface area contributed by atoms with Crippen molar-refractivity contribution in [3.8, 4) is 22.6 Å². The van der Waals surface area contributed by atoms with Gasteiger partial charge in [-0.1, -0.05) is 24.3 Å². The van der Waals surface area contributed by atoms with Crippen molar-refractivity contribution in [2.45, 2.75) is 0 Å². The molecule has 96 valence electrons. The number of fused-ring (bicyclic) bond motifs is 5. The van der Waals surface area contributed by atoms with E-state index in [1.807, 2.05) is 24.3 Å².